The number of benzene rings is 1. The zero-order valence-electron chi connectivity index (χ0n) is 13.4. The molecule has 1 atom stereocenters. The monoisotopic (exact) mass is 280 g/mol. The molecule has 0 aromatic heterocycles. The van der Waals surface area contributed by atoms with Crippen LogP contribution in [0.4, 0.5) is 0 Å². The van der Waals surface area contributed by atoms with Crippen molar-refractivity contribution >= 4 is 0 Å². The number of hydrogen-bond acceptors (Lipinski definition) is 4. The molecular weight excluding hydrogens is 252 g/mol. The first kappa shape index (κ1) is 16.8. The minimum Gasteiger partial charge on any atom is -0.497 e. The van der Waals surface area contributed by atoms with E-state index in [0.717, 1.165) is 36.7 Å². The number of rotatable bonds is 9. The van der Waals surface area contributed by atoms with E-state index in [1.807, 2.05) is 19.2 Å². The van der Waals surface area contributed by atoms with Gasteiger partial charge >= 0.3 is 0 Å². The maximum atomic E-state index is 5.49. The first-order valence-corrected chi connectivity index (χ1v) is 7.31. The summed E-state index contributed by atoms with van der Waals surface area (Å²) in [4.78, 5) is 2.44. The Balaban J connectivity index is 2.97. The molecule has 0 fully saturated rings. The average molecular weight is 280 g/mol. The van der Waals surface area contributed by atoms with Gasteiger partial charge in [-0.1, -0.05) is 13.8 Å². The summed E-state index contributed by atoms with van der Waals surface area (Å²) in [5.41, 5.74) is 1.14. The van der Waals surface area contributed by atoms with Gasteiger partial charge in [0.25, 0.3) is 0 Å². The van der Waals surface area contributed by atoms with E-state index in [2.05, 4.69) is 30.1 Å². The predicted octanol–water partition coefficient (Wildman–Crippen LogP) is 2.70. The van der Waals surface area contributed by atoms with Crippen LogP contribution < -0.4 is 14.8 Å². The molecule has 0 bridgehead atoms. The highest BCUT2D eigenvalue weighted by Crippen LogP contribution is 2.29. The van der Waals surface area contributed by atoms with E-state index < -0.39 is 0 Å². The van der Waals surface area contributed by atoms with E-state index in [0.29, 0.717) is 0 Å². The Kier molecular flexibility index (Phi) is 7.41. The Morgan fingerprint density at radius 1 is 1.20 bits per heavy atom. The van der Waals surface area contributed by atoms with Crippen molar-refractivity contribution in [3.05, 3.63) is 23.8 Å². The Morgan fingerprint density at radius 3 is 2.45 bits per heavy atom. The average Bonchev–Trinajstić information content (AvgIpc) is 2.50. The van der Waals surface area contributed by atoms with Crippen LogP contribution in [0.3, 0.4) is 0 Å². The van der Waals surface area contributed by atoms with Gasteiger partial charge in [-0.3, -0.25) is 0 Å². The van der Waals surface area contributed by atoms with Crippen molar-refractivity contribution < 1.29 is 9.47 Å². The van der Waals surface area contributed by atoms with Crippen LogP contribution in [-0.2, 0) is 0 Å². The molecular formula is C16H28N2O2. The molecule has 0 spiro atoms. The van der Waals surface area contributed by atoms with Crippen LogP contribution in [0.15, 0.2) is 18.2 Å². The van der Waals surface area contributed by atoms with Gasteiger partial charge in [0.2, 0.25) is 0 Å². The first-order chi connectivity index (χ1) is 9.69. The van der Waals surface area contributed by atoms with Crippen LogP contribution in [0.25, 0.3) is 0 Å². The number of methoxy groups -OCH3 is 2. The van der Waals surface area contributed by atoms with Crippen molar-refractivity contribution in [2.75, 3.05) is 40.9 Å². The predicted molar refractivity (Wildman–Crippen MR) is 83.8 cm³/mol. The van der Waals surface area contributed by atoms with Crippen molar-refractivity contribution in [1.29, 1.82) is 0 Å². The molecule has 1 aromatic carbocycles. The van der Waals surface area contributed by atoms with E-state index in [9.17, 15) is 0 Å². The van der Waals surface area contributed by atoms with Crippen LogP contribution in [0.2, 0.25) is 0 Å². The third kappa shape index (κ3) is 4.39. The van der Waals surface area contributed by atoms with Gasteiger partial charge in [0.15, 0.2) is 0 Å². The van der Waals surface area contributed by atoms with Crippen LogP contribution in [-0.4, -0.2) is 45.8 Å². The van der Waals surface area contributed by atoms with Crippen LogP contribution in [0, 0.1) is 0 Å². The summed E-state index contributed by atoms with van der Waals surface area (Å²) >= 11 is 0. The highest BCUT2D eigenvalue weighted by molar-refractivity contribution is 5.42. The van der Waals surface area contributed by atoms with Crippen molar-refractivity contribution in [3.8, 4) is 11.5 Å². The topological polar surface area (TPSA) is 33.7 Å². The second kappa shape index (κ2) is 8.82. The second-order valence-electron chi connectivity index (χ2n) is 4.84. The maximum absolute atomic E-state index is 5.49. The molecule has 0 heterocycles. The molecule has 1 aromatic rings. The van der Waals surface area contributed by atoms with E-state index in [1.54, 1.807) is 14.2 Å². The molecule has 0 amide bonds. The first-order valence-electron chi connectivity index (χ1n) is 7.31. The minimum atomic E-state index is 0.228. The standard InChI is InChI=1S/C16H28N2O2/c1-6-10-18(7-2)12-15(17-3)14-11-13(19-4)8-9-16(14)20-5/h8-9,11,15,17H,6-7,10,12H2,1-5H3. The summed E-state index contributed by atoms with van der Waals surface area (Å²) < 4.78 is 10.8. The van der Waals surface area contributed by atoms with Gasteiger partial charge in [0.1, 0.15) is 11.5 Å². The highest BCUT2D eigenvalue weighted by Gasteiger charge is 2.18. The van der Waals surface area contributed by atoms with Crippen molar-refractivity contribution in [2.24, 2.45) is 0 Å². The highest BCUT2D eigenvalue weighted by atomic mass is 16.5. The van der Waals surface area contributed by atoms with Gasteiger partial charge in [-0.25, -0.2) is 0 Å². The molecule has 1 N–H and O–H groups in total. The quantitative estimate of drug-likeness (QED) is 0.754. The lowest BCUT2D eigenvalue weighted by atomic mass is 10.0. The lowest BCUT2D eigenvalue weighted by Gasteiger charge is -2.27. The van der Waals surface area contributed by atoms with Crippen molar-refractivity contribution in [1.82, 2.24) is 10.2 Å². The summed E-state index contributed by atoms with van der Waals surface area (Å²) in [6.45, 7) is 7.54. The molecule has 0 aliphatic rings. The molecule has 0 saturated carbocycles. The third-order valence-corrected chi connectivity index (χ3v) is 3.59. The van der Waals surface area contributed by atoms with E-state index >= 15 is 0 Å². The fraction of sp³-hybridized carbons (Fsp3) is 0.625. The maximum Gasteiger partial charge on any atom is 0.123 e. The number of ether oxygens (including phenoxy) is 2. The van der Waals surface area contributed by atoms with Crippen LogP contribution >= 0.6 is 0 Å². The summed E-state index contributed by atoms with van der Waals surface area (Å²) in [6.07, 6.45) is 1.17. The minimum absolute atomic E-state index is 0.228. The zero-order valence-corrected chi connectivity index (χ0v) is 13.4. The summed E-state index contributed by atoms with van der Waals surface area (Å²) in [7, 11) is 5.39. The zero-order chi connectivity index (χ0) is 15.0. The summed E-state index contributed by atoms with van der Waals surface area (Å²) in [5, 5.41) is 3.39. The Labute approximate surface area is 123 Å². The SMILES string of the molecule is CCCN(CC)CC(NC)c1cc(OC)ccc1OC. The van der Waals surface area contributed by atoms with Gasteiger partial charge in [0, 0.05) is 18.2 Å². The van der Waals surface area contributed by atoms with Gasteiger partial charge in [-0.05, 0) is 44.8 Å². The molecule has 1 unspecified atom stereocenters. The largest absolute Gasteiger partial charge is 0.497 e. The fourth-order valence-corrected chi connectivity index (χ4v) is 2.41. The Morgan fingerprint density at radius 2 is 1.95 bits per heavy atom. The smallest absolute Gasteiger partial charge is 0.123 e. The number of nitrogens with one attached hydrogen (secondary N) is 1. The Hall–Kier alpha value is -1.26. The number of likely N-dealkylation sites (N-methyl/N-ethyl adjacent to an activating group) is 2. The molecule has 0 saturated heterocycles. The number of nitrogens with zero attached hydrogens (tertiary/aromatic N) is 1. The summed E-state index contributed by atoms with van der Waals surface area (Å²) in [5.74, 6) is 1.76. The lowest BCUT2D eigenvalue weighted by molar-refractivity contribution is 0.255. The van der Waals surface area contributed by atoms with E-state index in [1.165, 1.54) is 6.42 Å². The van der Waals surface area contributed by atoms with Gasteiger partial charge in [0.05, 0.1) is 14.2 Å². The lowest BCUT2D eigenvalue weighted by Crippen LogP contribution is -2.34. The Bertz CT molecular complexity index is 396. The molecule has 1 rings (SSSR count). The normalized spacial score (nSPS) is 12.5. The van der Waals surface area contributed by atoms with Gasteiger partial charge in [-0.15, -0.1) is 0 Å². The molecule has 20 heavy (non-hydrogen) atoms. The second-order valence-corrected chi connectivity index (χ2v) is 4.84. The molecule has 114 valence electrons. The molecule has 0 aliphatic carbocycles. The van der Waals surface area contributed by atoms with E-state index in [4.69, 9.17) is 9.47 Å². The number of hydrogen-bond donors (Lipinski definition) is 1. The summed E-state index contributed by atoms with van der Waals surface area (Å²) in [6, 6.07) is 6.18. The van der Waals surface area contributed by atoms with Gasteiger partial charge < -0.3 is 19.7 Å². The van der Waals surface area contributed by atoms with Crippen LogP contribution in [0.1, 0.15) is 31.9 Å². The fourth-order valence-electron chi connectivity index (χ4n) is 2.41. The van der Waals surface area contributed by atoms with Crippen molar-refractivity contribution in [3.63, 3.8) is 0 Å². The van der Waals surface area contributed by atoms with Gasteiger partial charge in [-0.2, -0.15) is 0 Å². The molecule has 0 aliphatic heterocycles. The van der Waals surface area contributed by atoms with Crippen LogP contribution in [0.5, 0.6) is 11.5 Å². The molecule has 4 nitrogen and oxygen atoms in total. The molecule has 0 radical (unpaired) electrons. The third-order valence-electron chi connectivity index (χ3n) is 3.59. The van der Waals surface area contributed by atoms with E-state index in [-0.39, 0.29) is 6.04 Å². The molecule has 4 heteroatoms. The van der Waals surface area contributed by atoms with Crippen molar-refractivity contribution in [2.45, 2.75) is 26.3 Å².